The van der Waals surface area contributed by atoms with Gasteiger partial charge in [-0.3, -0.25) is 15.0 Å². The molecule has 1 amide bonds. The van der Waals surface area contributed by atoms with Crippen molar-refractivity contribution in [2.45, 2.75) is 44.9 Å². The molecule has 124 valence electrons. The first-order valence-electron chi connectivity index (χ1n) is 7.85. The summed E-state index contributed by atoms with van der Waals surface area (Å²) in [6, 6.07) is 3.80. The smallest absolute Gasteiger partial charge is 0.233 e. The van der Waals surface area contributed by atoms with Crippen LogP contribution in [-0.4, -0.2) is 38.4 Å². The first kappa shape index (κ1) is 17.1. The van der Waals surface area contributed by atoms with Crippen molar-refractivity contribution >= 4 is 6.41 Å². The van der Waals surface area contributed by atoms with Gasteiger partial charge in [0.2, 0.25) is 18.2 Å². The van der Waals surface area contributed by atoms with Crippen LogP contribution in [0.25, 0.3) is 0 Å². The molecular weight excluding hydrogens is 296 g/mol. The van der Waals surface area contributed by atoms with Crippen LogP contribution in [-0.2, 0) is 11.2 Å². The Morgan fingerprint density at radius 1 is 1.39 bits per heavy atom. The summed E-state index contributed by atoms with van der Waals surface area (Å²) in [6.45, 7) is 2.28. The van der Waals surface area contributed by atoms with Gasteiger partial charge in [-0.2, -0.15) is 0 Å². The van der Waals surface area contributed by atoms with Crippen molar-refractivity contribution in [2.75, 3.05) is 6.54 Å². The minimum Gasteiger partial charge on any atom is -0.425 e. The van der Waals surface area contributed by atoms with Gasteiger partial charge in [-0.25, -0.2) is 5.06 Å². The number of carbonyl (C=O) groups is 1. The molecule has 7 nitrogen and oxygen atoms in total. The first-order valence-corrected chi connectivity index (χ1v) is 7.85. The van der Waals surface area contributed by atoms with E-state index in [1.165, 1.54) is 0 Å². The Morgan fingerprint density at radius 2 is 2.26 bits per heavy atom. The van der Waals surface area contributed by atoms with E-state index in [1.807, 2.05) is 12.1 Å². The second-order valence-corrected chi connectivity index (χ2v) is 5.49. The van der Waals surface area contributed by atoms with Gasteiger partial charge in [-0.05, 0) is 18.1 Å². The molecule has 2 aromatic heterocycles. The van der Waals surface area contributed by atoms with E-state index in [0.717, 1.165) is 31.2 Å². The average Bonchev–Trinajstić information content (AvgIpc) is 3.03. The normalized spacial score (nSPS) is 12.1. The van der Waals surface area contributed by atoms with Gasteiger partial charge in [0.05, 0.1) is 18.9 Å². The van der Waals surface area contributed by atoms with Gasteiger partial charge in [0, 0.05) is 12.4 Å². The van der Waals surface area contributed by atoms with E-state index in [2.05, 4.69) is 22.1 Å². The van der Waals surface area contributed by atoms with Crippen LogP contribution in [0.5, 0.6) is 0 Å². The molecule has 1 atom stereocenters. The SMILES string of the molecule is CCCCCC(CN(O)C=O)c1nnc(Cc2cccnc2)o1. The second-order valence-electron chi connectivity index (χ2n) is 5.49. The summed E-state index contributed by atoms with van der Waals surface area (Å²) in [7, 11) is 0. The van der Waals surface area contributed by atoms with E-state index in [1.54, 1.807) is 12.4 Å². The molecular formula is C16H22N4O3. The standard InChI is InChI=1S/C16H22N4O3/c1-2-3-4-7-14(11-20(22)12-21)16-19-18-15(23-16)9-13-6-5-8-17-10-13/h5-6,8,10,12,14,22H,2-4,7,9,11H2,1H3. The van der Waals surface area contributed by atoms with Crippen LogP contribution in [0.4, 0.5) is 0 Å². The predicted octanol–water partition coefficient (Wildman–Crippen LogP) is 2.57. The number of pyridine rings is 1. The van der Waals surface area contributed by atoms with Crippen molar-refractivity contribution in [1.29, 1.82) is 0 Å². The third kappa shape index (κ3) is 5.45. The summed E-state index contributed by atoms with van der Waals surface area (Å²) in [5.41, 5.74) is 0.988. The van der Waals surface area contributed by atoms with Crippen LogP contribution in [0.2, 0.25) is 0 Å². The molecule has 0 saturated heterocycles. The molecule has 2 aromatic rings. The number of carbonyl (C=O) groups excluding carboxylic acids is 1. The molecule has 0 fully saturated rings. The van der Waals surface area contributed by atoms with Gasteiger partial charge < -0.3 is 4.42 Å². The summed E-state index contributed by atoms with van der Waals surface area (Å²) < 4.78 is 5.72. The number of rotatable bonds is 10. The largest absolute Gasteiger partial charge is 0.425 e. The van der Waals surface area contributed by atoms with Gasteiger partial charge >= 0.3 is 0 Å². The van der Waals surface area contributed by atoms with Gasteiger partial charge in [0.25, 0.3) is 0 Å². The highest BCUT2D eigenvalue weighted by Gasteiger charge is 2.21. The Kier molecular flexibility index (Phi) is 6.68. The monoisotopic (exact) mass is 318 g/mol. The predicted molar refractivity (Wildman–Crippen MR) is 82.8 cm³/mol. The van der Waals surface area contributed by atoms with Crippen molar-refractivity contribution in [3.8, 4) is 0 Å². The van der Waals surface area contributed by atoms with Crippen molar-refractivity contribution in [3.63, 3.8) is 0 Å². The summed E-state index contributed by atoms with van der Waals surface area (Å²) in [5, 5.41) is 18.2. The Hall–Kier alpha value is -2.28. The van der Waals surface area contributed by atoms with E-state index in [4.69, 9.17) is 4.42 Å². The number of unbranched alkanes of at least 4 members (excludes halogenated alkanes) is 2. The lowest BCUT2D eigenvalue weighted by Crippen LogP contribution is -2.24. The average molecular weight is 318 g/mol. The Balaban J connectivity index is 2.04. The van der Waals surface area contributed by atoms with Crippen LogP contribution in [0, 0.1) is 0 Å². The van der Waals surface area contributed by atoms with Crippen molar-refractivity contribution in [3.05, 3.63) is 41.9 Å². The summed E-state index contributed by atoms with van der Waals surface area (Å²) in [6.07, 6.45) is 8.31. The van der Waals surface area contributed by atoms with E-state index >= 15 is 0 Å². The lowest BCUT2D eigenvalue weighted by atomic mass is 10.0. The molecule has 0 aliphatic heterocycles. The number of amides is 1. The fraction of sp³-hybridized carbons (Fsp3) is 0.500. The van der Waals surface area contributed by atoms with Crippen LogP contribution >= 0.6 is 0 Å². The number of hydrogen-bond donors (Lipinski definition) is 1. The van der Waals surface area contributed by atoms with Crippen LogP contribution in [0.15, 0.2) is 28.9 Å². The zero-order valence-electron chi connectivity index (χ0n) is 13.3. The minimum absolute atomic E-state index is 0.155. The van der Waals surface area contributed by atoms with Gasteiger partial charge in [-0.1, -0.05) is 32.3 Å². The molecule has 7 heteroatoms. The summed E-state index contributed by atoms with van der Waals surface area (Å²) in [5.74, 6) is 0.803. The summed E-state index contributed by atoms with van der Waals surface area (Å²) >= 11 is 0. The molecule has 0 bridgehead atoms. The van der Waals surface area contributed by atoms with Crippen molar-refractivity contribution in [2.24, 2.45) is 0 Å². The zero-order valence-corrected chi connectivity index (χ0v) is 13.3. The summed E-state index contributed by atoms with van der Waals surface area (Å²) in [4.78, 5) is 14.7. The lowest BCUT2D eigenvalue weighted by Gasteiger charge is -2.16. The fourth-order valence-corrected chi connectivity index (χ4v) is 2.38. The Bertz CT molecular complexity index is 588. The third-order valence-electron chi connectivity index (χ3n) is 3.60. The molecule has 0 saturated carbocycles. The number of aromatic nitrogens is 3. The molecule has 1 unspecified atom stereocenters. The van der Waals surface area contributed by atoms with Crippen molar-refractivity contribution < 1.29 is 14.4 Å². The van der Waals surface area contributed by atoms with Crippen LogP contribution in [0.1, 0.15) is 55.9 Å². The quantitative estimate of drug-likeness (QED) is 0.313. The van der Waals surface area contributed by atoms with Gasteiger partial charge in [0.1, 0.15) is 0 Å². The highest BCUT2D eigenvalue weighted by Crippen LogP contribution is 2.23. The molecule has 0 aliphatic carbocycles. The van der Waals surface area contributed by atoms with E-state index < -0.39 is 0 Å². The molecule has 1 N–H and O–H groups in total. The highest BCUT2D eigenvalue weighted by atomic mass is 16.5. The molecule has 0 aliphatic rings. The maximum Gasteiger partial charge on any atom is 0.233 e. The lowest BCUT2D eigenvalue weighted by molar-refractivity contribution is -0.151. The zero-order chi connectivity index (χ0) is 16.5. The molecule has 23 heavy (non-hydrogen) atoms. The number of nitrogens with zero attached hydrogens (tertiary/aromatic N) is 4. The fourth-order valence-electron chi connectivity index (χ4n) is 2.38. The molecule has 0 spiro atoms. The Morgan fingerprint density at radius 3 is 2.96 bits per heavy atom. The molecule has 0 aromatic carbocycles. The van der Waals surface area contributed by atoms with Crippen molar-refractivity contribution in [1.82, 2.24) is 20.2 Å². The van der Waals surface area contributed by atoms with Gasteiger partial charge in [-0.15, -0.1) is 10.2 Å². The molecule has 0 radical (unpaired) electrons. The van der Waals surface area contributed by atoms with Gasteiger partial charge in [0.15, 0.2) is 0 Å². The molecule has 2 heterocycles. The van der Waals surface area contributed by atoms with Crippen LogP contribution in [0.3, 0.4) is 0 Å². The third-order valence-corrected chi connectivity index (χ3v) is 3.60. The maximum atomic E-state index is 10.7. The minimum atomic E-state index is -0.160. The maximum absolute atomic E-state index is 10.7. The Labute approximate surface area is 135 Å². The first-order chi connectivity index (χ1) is 11.2. The van der Waals surface area contributed by atoms with E-state index in [0.29, 0.717) is 29.7 Å². The topological polar surface area (TPSA) is 92.3 Å². The molecule has 2 rings (SSSR count). The van der Waals surface area contributed by atoms with E-state index in [9.17, 15) is 10.0 Å². The number of hydrogen-bond acceptors (Lipinski definition) is 6. The van der Waals surface area contributed by atoms with Crippen LogP contribution < -0.4 is 0 Å². The number of hydroxylamine groups is 2. The highest BCUT2D eigenvalue weighted by molar-refractivity contribution is 5.44. The van der Waals surface area contributed by atoms with E-state index in [-0.39, 0.29) is 12.5 Å². The second kappa shape index (κ2) is 8.99.